The van der Waals surface area contributed by atoms with Gasteiger partial charge in [0.25, 0.3) is 5.91 Å². The number of unbranched alkanes of at least 4 members (excludes halogenated alkanes) is 1. The maximum Gasteiger partial charge on any atom is 0.303 e. The van der Waals surface area contributed by atoms with Crippen molar-refractivity contribution in [2.75, 3.05) is 26.0 Å². The molecule has 0 aliphatic heterocycles. The van der Waals surface area contributed by atoms with Gasteiger partial charge in [-0.15, -0.1) is 0 Å². The second-order valence-electron chi connectivity index (χ2n) is 5.25. The number of carbonyl (C=O) groups excluding carboxylic acids is 2. The van der Waals surface area contributed by atoms with Crippen molar-refractivity contribution in [2.24, 2.45) is 0 Å². The lowest BCUT2D eigenvalue weighted by atomic mass is 10.2. The second-order valence-corrected chi connectivity index (χ2v) is 5.25. The zero-order valence-electron chi connectivity index (χ0n) is 13.4. The van der Waals surface area contributed by atoms with Crippen molar-refractivity contribution in [1.29, 1.82) is 0 Å². The van der Waals surface area contributed by atoms with Crippen LogP contribution in [0.25, 0.3) is 0 Å². The molecule has 1 aromatic carbocycles. The lowest BCUT2D eigenvalue weighted by Crippen LogP contribution is -2.27. The minimum Gasteiger partial charge on any atom is -0.484 e. The van der Waals surface area contributed by atoms with Crippen molar-refractivity contribution < 1.29 is 24.2 Å². The first-order chi connectivity index (χ1) is 10.9. The maximum absolute atomic E-state index is 11.8. The van der Waals surface area contributed by atoms with Crippen molar-refractivity contribution in [3.63, 3.8) is 0 Å². The molecule has 7 nitrogen and oxygen atoms in total. The third-order valence-corrected chi connectivity index (χ3v) is 3.02. The summed E-state index contributed by atoms with van der Waals surface area (Å²) in [6.07, 6.45) is 1.32. The number of benzene rings is 1. The fourth-order valence-electron chi connectivity index (χ4n) is 1.72. The summed E-state index contributed by atoms with van der Waals surface area (Å²) >= 11 is 0. The third kappa shape index (κ3) is 7.85. The fraction of sp³-hybridized carbons (Fsp3) is 0.438. The van der Waals surface area contributed by atoms with Gasteiger partial charge in [-0.25, -0.2) is 0 Å². The summed E-state index contributed by atoms with van der Waals surface area (Å²) in [6, 6.07) is 6.77. The van der Waals surface area contributed by atoms with Crippen LogP contribution in [0.5, 0.6) is 5.75 Å². The van der Waals surface area contributed by atoms with E-state index in [2.05, 4.69) is 5.32 Å². The van der Waals surface area contributed by atoms with E-state index < -0.39 is 5.97 Å². The first kappa shape index (κ1) is 18.5. The number of carboxylic acid groups (broad SMARTS) is 1. The highest BCUT2D eigenvalue weighted by Crippen LogP contribution is 2.18. The Labute approximate surface area is 135 Å². The molecule has 2 N–H and O–H groups in total. The number of rotatable bonds is 9. The number of hydrogen-bond acceptors (Lipinski definition) is 4. The normalized spacial score (nSPS) is 10.0. The summed E-state index contributed by atoms with van der Waals surface area (Å²) in [5.74, 6) is -0.707. The molecule has 126 valence electrons. The van der Waals surface area contributed by atoms with Gasteiger partial charge >= 0.3 is 5.97 Å². The first-order valence-electron chi connectivity index (χ1n) is 7.33. The lowest BCUT2D eigenvalue weighted by Gasteiger charge is -2.12. The van der Waals surface area contributed by atoms with E-state index >= 15 is 0 Å². The molecule has 0 bridgehead atoms. The average molecular weight is 322 g/mol. The summed E-state index contributed by atoms with van der Waals surface area (Å²) in [5, 5.41) is 11.2. The molecule has 1 aromatic rings. The molecule has 0 atom stereocenters. The van der Waals surface area contributed by atoms with Crippen LogP contribution in [-0.2, 0) is 14.4 Å². The predicted octanol–water partition coefficient (Wildman–Crippen LogP) is 1.74. The number of carbonyl (C=O) groups is 3. The van der Waals surface area contributed by atoms with Crippen LogP contribution in [0.2, 0.25) is 0 Å². The van der Waals surface area contributed by atoms with Gasteiger partial charge in [0.05, 0.1) is 0 Å². The van der Waals surface area contributed by atoms with Crippen LogP contribution in [0.4, 0.5) is 5.69 Å². The van der Waals surface area contributed by atoms with E-state index in [0.717, 1.165) is 0 Å². The van der Waals surface area contributed by atoms with Crippen LogP contribution in [0.3, 0.4) is 0 Å². The molecule has 0 fully saturated rings. The summed E-state index contributed by atoms with van der Waals surface area (Å²) in [6.45, 7) is -0.0699. The standard InChI is InChI=1S/C16H22N2O5/c1-18(2)15(20)11-23-13-7-5-6-12(10-13)17-14(19)8-3-4-9-16(21)22/h5-7,10H,3-4,8-9,11H2,1-2H3,(H,17,19)(H,21,22). The van der Waals surface area contributed by atoms with Crippen molar-refractivity contribution in [1.82, 2.24) is 4.90 Å². The topological polar surface area (TPSA) is 95.9 Å². The zero-order chi connectivity index (χ0) is 17.2. The highest BCUT2D eigenvalue weighted by molar-refractivity contribution is 5.90. The van der Waals surface area contributed by atoms with Gasteiger partial charge in [0.2, 0.25) is 5.91 Å². The number of carboxylic acids is 1. The molecular weight excluding hydrogens is 300 g/mol. The molecule has 23 heavy (non-hydrogen) atoms. The van der Waals surface area contributed by atoms with Crippen LogP contribution < -0.4 is 10.1 Å². The Morgan fingerprint density at radius 2 is 1.87 bits per heavy atom. The third-order valence-electron chi connectivity index (χ3n) is 3.02. The number of nitrogens with zero attached hydrogens (tertiary/aromatic N) is 1. The van der Waals surface area contributed by atoms with Gasteiger partial charge in [-0.05, 0) is 25.0 Å². The molecule has 1 rings (SSSR count). The Morgan fingerprint density at radius 3 is 2.52 bits per heavy atom. The molecule has 0 spiro atoms. The molecule has 0 aliphatic rings. The van der Waals surface area contributed by atoms with Crippen molar-refractivity contribution in [2.45, 2.75) is 25.7 Å². The SMILES string of the molecule is CN(C)C(=O)COc1cccc(NC(=O)CCCCC(=O)O)c1. The average Bonchev–Trinajstić information content (AvgIpc) is 2.49. The number of amides is 2. The fourth-order valence-corrected chi connectivity index (χ4v) is 1.72. The molecule has 2 amide bonds. The minimum absolute atomic E-state index is 0.0660. The van der Waals surface area contributed by atoms with Crippen LogP contribution in [-0.4, -0.2) is 48.5 Å². The number of anilines is 1. The highest BCUT2D eigenvalue weighted by atomic mass is 16.5. The molecule has 0 heterocycles. The van der Waals surface area contributed by atoms with E-state index in [9.17, 15) is 14.4 Å². The van der Waals surface area contributed by atoms with Gasteiger partial charge in [-0.2, -0.15) is 0 Å². The van der Waals surface area contributed by atoms with Gasteiger partial charge in [-0.1, -0.05) is 6.07 Å². The molecule has 0 radical (unpaired) electrons. The Morgan fingerprint density at radius 1 is 1.17 bits per heavy atom. The van der Waals surface area contributed by atoms with Crippen LogP contribution in [0, 0.1) is 0 Å². The molecule has 0 saturated heterocycles. The summed E-state index contributed by atoms with van der Waals surface area (Å²) in [7, 11) is 3.29. The summed E-state index contributed by atoms with van der Waals surface area (Å²) in [4.78, 5) is 35.0. The van der Waals surface area contributed by atoms with E-state index in [1.54, 1.807) is 38.4 Å². The predicted molar refractivity (Wildman–Crippen MR) is 85.4 cm³/mol. The van der Waals surface area contributed by atoms with Crippen molar-refractivity contribution in [3.05, 3.63) is 24.3 Å². The quantitative estimate of drug-likeness (QED) is 0.675. The first-order valence-corrected chi connectivity index (χ1v) is 7.33. The highest BCUT2D eigenvalue weighted by Gasteiger charge is 2.07. The maximum atomic E-state index is 11.8. The Kier molecular flexibility index (Phi) is 7.59. The van der Waals surface area contributed by atoms with Gasteiger partial charge in [-0.3, -0.25) is 14.4 Å². The van der Waals surface area contributed by atoms with E-state index in [0.29, 0.717) is 24.3 Å². The smallest absolute Gasteiger partial charge is 0.303 e. The molecule has 0 aliphatic carbocycles. The molecule has 0 aromatic heterocycles. The number of ether oxygens (including phenoxy) is 1. The van der Waals surface area contributed by atoms with E-state index in [4.69, 9.17) is 9.84 Å². The molecular formula is C16H22N2O5. The van der Waals surface area contributed by atoms with E-state index in [1.165, 1.54) is 4.90 Å². The monoisotopic (exact) mass is 322 g/mol. The second kappa shape index (κ2) is 9.45. The number of nitrogens with one attached hydrogen (secondary N) is 1. The number of aliphatic carboxylic acids is 1. The number of hydrogen-bond donors (Lipinski definition) is 2. The Hall–Kier alpha value is -2.57. The van der Waals surface area contributed by atoms with Crippen LogP contribution in [0.1, 0.15) is 25.7 Å². The summed E-state index contributed by atoms with van der Waals surface area (Å²) < 4.78 is 5.37. The van der Waals surface area contributed by atoms with Crippen molar-refractivity contribution >= 4 is 23.5 Å². The molecule has 0 unspecified atom stereocenters. The minimum atomic E-state index is -0.859. The van der Waals surface area contributed by atoms with Gasteiger partial charge in [0, 0.05) is 38.7 Å². The Balaban J connectivity index is 2.42. The lowest BCUT2D eigenvalue weighted by molar-refractivity contribution is -0.137. The van der Waals surface area contributed by atoms with E-state index in [-0.39, 0.29) is 31.3 Å². The van der Waals surface area contributed by atoms with Gasteiger partial charge in [0.1, 0.15) is 5.75 Å². The number of likely N-dealkylation sites (N-methyl/N-ethyl adjacent to an activating group) is 1. The van der Waals surface area contributed by atoms with Crippen molar-refractivity contribution in [3.8, 4) is 5.75 Å². The largest absolute Gasteiger partial charge is 0.484 e. The summed E-state index contributed by atoms with van der Waals surface area (Å²) in [5.41, 5.74) is 0.572. The van der Waals surface area contributed by atoms with Gasteiger partial charge in [0.15, 0.2) is 6.61 Å². The van der Waals surface area contributed by atoms with Crippen LogP contribution in [0.15, 0.2) is 24.3 Å². The Bertz CT molecular complexity index is 557. The van der Waals surface area contributed by atoms with E-state index in [1.807, 2.05) is 0 Å². The molecule has 0 saturated carbocycles. The molecule has 7 heteroatoms. The van der Waals surface area contributed by atoms with Gasteiger partial charge < -0.3 is 20.1 Å². The van der Waals surface area contributed by atoms with Crippen LogP contribution >= 0.6 is 0 Å². The zero-order valence-corrected chi connectivity index (χ0v) is 13.4.